The highest BCUT2D eigenvalue weighted by Gasteiger charge is 2.44. The van der Waals surface area contributed by atoms with Crippen LogP contribution in [0.1, 0.15) is 12.5 Å². The molecule has 1 saturated heterocycles. The lowest BCUT2D eigenvalue weighted by Crippen LogP contribution is -2.28. The minimum atomic E-state index is -2.98. The second kappa shape index (κ2) is 7.97. The van der Waals surface area contributed by atoms with Crippen molar-refractivity contribution in [2.24, 2.45) is 4.99 Å². The van der Waals surface area contributed by atoms with Crippen molar-refractivity contribution >= 4 is 44.1 Å². The largest absolute Gasteiger partial charge is 0.494 e. The van der Waals surface area contributed by atoms with Gasteiger partial charge in [0.2, 0.25) is 0 Å². The number of halogens is 1. The summed E-state index contributed by atoms with van der Waals surface area (Å²) < 4.78 is 29.3. The Balaban J connectivity index is 1.65. The van der Waals surface area contributed by atoms with E-state index >= 15 is 0 Å². The number of aliphatic imine (C=N–C) groups is 1. The summed E-state index contributed by atoms with van der Waals surface area (Å²) in [6.45, 7) is 3.13. The average molecular weight is 437 g/mol. The minimum Gasteiger partial charge on any atom is -0.494 e. The highest BCUT2D eigenvalue weighted by atomic mass is 35.5. The molecule has 28 heavy (non-hydrogen) atoms. The summed E-state index contributed by atoms with van der Waals surface area (Å²) in [5.74, 6) is 1.14. The first-order chi connectivity index (χ1) is 13.4. The standard InChI is InChI=1S/C20H21ClN2O3S2/c1-2-26-16-9-7-15(8-10-16)23(11-14-5-3-4-6-17(14)21)20-22-18-12-28(24,25)13-19(18)27-20/h3-10,18-19H,2,11-13H2,1H3/t18-,19-/m1/s1. The Bertz CT molecular complexity index is 993. The topological polar surface area (TPSA) is 59.0 Å². The molecule has 148 valence electrons. The quantitative estimate of drug-likeness (QED) is 0.708. The number of amidine groups is 1. The third-order valence-electron chi connectivity index (χ3n) is 4.78. The predicted octanol–water partition coefficient (Wildman–Crippen LogP) is 4.01. The maximum Gasteiger partial charge on any atom is 0.164 e. The molecular formula is C20H21ClN2O3S2. The molecule has 2 heterocycles. The van der Waals surface area contributed by atoms with Gasteiger partial charge in [-0.1, -0.05) is 41.6 Å². The van der Waals surface area contributed by atoms with E-state index in [0.717, 1.165) is 22.2 Å². The summed E-state index contributed by atoms with van der Waals surface area (Å²) in [5, 5.41) is 1.54. The number of fused-ring (bicyclic) bond motifs is 1. The molecule has 0 radical (unpaired) electrons. The van der Waals surface area contributed by atoms with Gasteiger partial charge in [0.25, 0.3) is 0 Å². The van der Waals surface area contributed by atoms with Crippen molar-refractivity contribution in [1.29, 1.82) is 0 Å². The van der Waals surface area contributed by atoms with E-state index < -0.39 is 9.84 Å². The van der Waals surface area contributed by atoms with Crippen LogP contribution < -0.4 is 9.64 Å². The number of rotatable bonds is 5. The first-order valence-electron chi connectivity index (χ1n) is 9.14. The van der Waals surface area contributed by atoms with Gasteiger partial charge in [-0.15, -0.1) is 0 Å². The SMILES string of the molecule is CCOc1ccc(N(Cc2ccccc2Cl)C2=N[C@@H]3CS(=O)(=O)C[C@H]3S2)cc1. The molecule has 2 aliphatic rings. The van der Waals surface area contributed by atoms with Gasteiger partial charge in [-0.25, -0.2) is 8.42 Å². The van der Waals surface area contributed by atoms with E-state index in [1.165, 1.54) is 0 Å². The molecule has 5 nitrogen and oxygen atoms in total. The number of benzene rings is 2. The average Bonchev–Trinajstić information content (AvgIpc) is 3.15. The molecule has 0 spiro atoms. The summed E-state index contributed by atoms with van der Waals surface area (Å²) >= 11 is 7.94. The molecule has 4 rings (SSSR count). The van der Waals surface area contributed by atoms with Crippen LogP contribution in [0, 0.1) is 0 Å². The van der Waals surface area contributed by atoms with Crippen LogP contribution in [-0.2, 0) is 16.4 Å². The fourth-order valence-corrected chi connectivity index (χ4v) is 7.40. The van der Waals surface area contributed by atoms with Crippen LogP contribution in [0.2, 0.25) is 5.02 Å². The lowest BCUT2D eigenvalue weighted by Gasteiger charge is -2.25. The Kier molecular flexibility index (Phi) is 5.58. The van der Waals surface area contributed by atoms with Crippen LogP contribution in [0.4, 0.5) is 5.69 Å². The normalized spacial score (nSPS) is 22.6. The maximum atomic E-state index is 11.9. The van der Waals surface area contributed by atoms with E-state index in [9.17, 15) is 8.42 Å². The molecule has 0 N–H and O–H groups in total. The molecule has 1 fully saturated rings. The lowest BCUT2D eigenvalue weighted by atomic mass is 10.2. The van der Waals surface area contributed by atoms with Gasteiger partial charge in [0.1, 0.15) is 5.75 Å². The van der Waals surface area contributed by atoms with Crippen LogP contribution >= 0.6 is 23.4 Å². The van der Waals surface area contributed by atoms with Gasteiger partial charge in [-0.05, 0) is 42.8 Å². The zero-order valence-corrected chi connectivity index (χ0v) is 17.8. The summed E-state index contributed by atoms with van der Waals surface area (Å²) in [5.41, 5.74) is 1.96. The van der Waals surface area contributed by atoms with Gasteiger partial charge in [0, 0.05) is 16.0 Å². The number of thioether (sulfide) groups is 1. The van der Waals surface area contributed by atoms with E-state index in [1.807, 2.05) is 55.5 Å². The second-order valence-electron chi connectivity index (χ2n) is 6.82. The van der Waals surface area contributed by atoms with Crippen molar-refractivity contribution in [3.63, 3.8) is 0 Å². The van der Waals surface area contributed by atoms with Gasteiger partial charge in [0.05, 0.1) is 30.7 Å². The number of anilines is 1. The Morgan fingerprint density at radius 1 is 1.18 bits per heavy atom. The zero-order valence-electron chi connectivity index (χ0n) is 15.4. The Hall–Kier alpha value is -1.70. The number of hydrogen-bond donors (Lipinski definition) is 0. The van der Waals surface area contributed by atoms with Crippen LogP contribution in [0.15, 0.2) is 53.5 Å². The Morgan fingerprint density at radius 2 is 1.93 bits per heavy atom. The third kappa shape index (κ3) is 4.16. The van der Waals surface area contributed by atoms with Crippen molar-refractivity contribution in [1.82, 2.24) is 0 Å². The molecule has 0 saturated carbocycles. The van der Waals surface area contributed by atoms with Crippen molar-refractivity contribution in [2.75, 3.05) is 23.0 Å². The van der Waals surface area contributed by atoms with E-state index in [0.29, 0.717) is 18.2 Å². The maximum absolute atomic E-state index is 11.9. The number of ether oxygens (including phenoxy) is 1. The van der Waals surface area contributed by atoms with Gasteiger partial charge >= 0.3 is 0 Å². The van der Waals surface area contributed by atoms with Crippen molar-refractivity contribution in [2.45, 2.75) is 24.8 Å². The molecule has 0 amide bonds. The van der Waals surface area contributed by atoms with Crippen LogP contribution in [0.25, 0.3) is 0 Å². The molecule has 2 aromatic carbocycles. The lowest BCUT2D eigenvalue weighted by molar-refractivity contribution is 0.340. The molecule has 2 atom stereocenters. The summed E-state index contributed by atoms with van der Waals surface area (Å²) in [4.78, 5) is 6.86. The summed E-state index contributed by atoms with van der Waals surface area (Å²) in [6, 6.07) is 15.4. The summed E-state index contributed by atoms with van der Waals surface area (Å²) in [7, 11) is -2.98. The molecule has 2 aromatic rings. The second-order valence-corrected chi connectivity index (χ2v) is 10.6. The fraction of sp³-hybridized carbons (Fsp3) is 0.350. The van der Waals surface area contributed by atoms with E-state index in [1.54, 1.807) is 11.8 Å². The fourth-order valence-electron chi connectivity index (χ4n) is 3.43. The van der Waals surface area contributed by atoms with Crippen LogP contribution in [0.3, 0.4) is 0 Å². The first-order valence-corrected chi connectivity index (χ1v) is 12.2. The predicted molar refractivity (Wildman–Crippen MR) is 117 cm³/mol. The summed E-state index contributed by atoms with van der Waals surface area (Å²) in [6.07, 6.45) is 0. The number of hydrogen-bond acceptors (Lipinski definition) is 6. The first kappa shape index (κ1) is 19.6. The van der Waals surface area contributed by atoms with Gasteiger partial charge in [-0.3, -0.25) is 4.99 Å². The Morgan fingerprint density at radius 3 is 2.61 bits per heavy atom. The van der Waals surface area contributed by atoms with Crippen molar-refractivity contribution in [3.8, 4) is 5.75 Å². The van der Waals surface area contributed by atoms with Gasteiger partial charge in [-0.2, -0.15) is 0 Å². The molecule has 0 unspecified atom stereocenters. The van der Waals surface area contributed by atoms with E-state index in [4.69, 9.17) is 21.3 Å². The molecule has 0 aliphatic carbocycles. The third-order valence-corrected chi connectivity index (χ3v) is 8.40. The van der Waals surface area contributed by atoms with E-state index in [2.05, 4.69) is 4.90 Å². The zero-order chi connectivity index (χ0) is 19.7. The van der Waals surface area contributed by atoms with Crippen LogP contribution in [0.5, 0.6) is 5.75 Å². The van der Waals surface area contributed by atoms with Gasteiger partial charge < -0.3 is 9.64 Å². The van der Waals surface area contributed by atoms with Gasteiger partial charge in [0.15, 0.2) is 15.0 Å². The van der Waals surface area contributed by atoms with Crippen molar-refractivity contribution in [3.05, 3.63) is 59.1 Å². The minimum absolute atomic E-state index is 0.00329. The monoisotopic (exact) mass is 436 g/mol. The molecule has 8 heteroatoms. The molecule has 2 aliphatic heterocycles. The molecular weight excluding hydrogens is 416 g/mol. The van der Waals surface area contributed by atoms with Crippen LogP contribution in [-0.4, -0.2) is 43.0 Å². The molecule has 0 bridgehead atoms. The smallest absolute Gasteiger partial charge is 0.164 e. The highest BCUT2D eigenvalue weighted by molar-refractivity contribution is 8.15. The number of nitrogens with zero attached hydrogens (tertiary/aromatic N) is 2. The van der Waals surface area contributed by atoms with E-state index in [-0.39, 0.29) is 22.8 Å². The number of sulfone groups is 1. The van der Waals surface area contributed by atoms with Crippen molar-refractivity contribution < 1.29 is 13.2 Å². The highest BCUT2D eigenvalue weighted by Crippen LogP contribution is 2.38. The Labute approximate surface area is 174 Å². The molecule has 0 aromatic heterocycles.